The molecule has 1 N–H and O–H groups in total. The molecular weight excluding hydrogens is 472 g/mol. The Balaban J connectivity index is 1.56. The lowest BCUT2D eigenvalue weighted by Crippen LogP contribution is -1.98. The van der Waals surface area contributed by atoms with Crippen molar-refractivity contribution in [1.82, 2.24) is 4.98 Å². The van der Waals surface area contributed by atoms with E-state index in [0.717, 1.165) is 61.1 Å². The Morgan fingerprint density at radius 3 is 2.11 bits per heavy atom. The summed E-state index contributed by atoms with van der Waals surface area (Å²) < 4.78 is 11.1. The number of hydrogen-bond acceptors (Lipinski definition) is 5. The van der Waals surface area contributed by atoms with E-state index < -0.39 is 0 Å². The molecule has 0 aliphatic carbocycles. The molecule has 174 valence electrons. The van der Waals surface area contributed by atoms with E-state index in [-0.39, 0.29) is 0 Å². The number of aryl methyl sites for hydroxylation is 2. The van der Waals surface area contributed by atoms with Gasteiger partial charge in [-0.25, -0.2) is 4.99 Å². The van der Waals surface area contributed by atoms with Crippen molar-refractivity contribution < 1.29 is 9.47 Å². The summed E-state index contributed by atoms with van der Waals surface area (Å²) in [5.41, 5.74) is 6.29. The summed E-state index contributed by atoms with van der Waals surface area (Å²) in [6.45, 7) is 4.26. The monoisotopic (exact) mass is 496 g/mol. The van der Waals surface area contributed by atoms with Crippen LogP contribution in [0, 0.1) is 13.8 Å². The highest BCUT2D eigenvalue weighted by atomic mass is 32.1. The first kappa shape index (κ1) is 21.9. The molecule has 3 aromatic heterocycles. The average molecular weight is 497 g/mol. The molecule has 0 bridgehead atoms. The third-order valence-electron chi connectivity index (χ3n) is 6.28. The number of ether oxygens (including phenoxy) is 2. The lowest BCUT2D eigenvalue weighted by atomic mass is 10.0. The third kappa shape index (κ3) is 3.79. The second kappa shape index (κ2) is 8.56. The molecule has 0 amide bonds. The van der Waals surface area contributed by atoms with Crippen molar-refractivity contribution in [2.75, 3.05) is 14.2 Å². The molecule has 35 heavy (non-hydrogen) atoms. The predicted octanol–water partition coefficient (Wildman–Crippen LogP) is 7.94. The molecule has 1 aliphatic heterocycles. The molecule has 2 aromatic carbocycles. The van der Waals surface area contributed by atoms with Crippen molar-refractivity contribution in [3.8, 4) is 22.1 Å². The Hall–Kier alpha value is -3.61. The Labute approximate surface area is 212 Å². The van der Waals surface area contributed by atoms with Crippen LogP contribution in [0.1, 0.15) is 31.5 Å². The van der Waals surface area contributed by atoms with Gasteiger partial charge in [-0.3, -0.25) is 0 Å². The number of nitrogens with one attached hydrogen (secondary N) is 1. The summed E-state index contributed by atoms with van der Waals surface area (Å²) in [7, 11) is 3.41. The van der Waals surface area contributed by atoms with Crippen LogP contribution in [-0.2, 0) is 0 Å². The zero-order chi connectivity index (χ0) is 24.1. The van der Waals surface area contributed by atoms with E-state index in [1.807, 2.05) is 12.1 Å². The van der Waals surface area contributed by atoms with Gasteiger partial charge in [0, 0.05) is 37.3 Å². The minimum atomic E-state index is 0.832. The van der Waals surface area contributed by atoms with Gasteiger partial charge in [0.25, 0.3) is 0 Å². The van der Waals surface area contributed by atoms with Crippen molar-refractivity contribution in [1.29, 1.82) is 0 Å². The number of hydrogen-bond donors (Lipinski definition) is 1. The standard InChI is InChI=1S/C29H24N2O2S2/c1-16-5-11-26(34-16)28-22-13-18(32-3)7-9-20(22)24(30-28)15-25-21-10-8-19(33-4)14-23(21)29(31-25)27-12-6-17(2)35-27/h5-15,30H,1-4H3. The number of aromatic nitrogens is 1. The largest absolute Gasteiger partial charge is 0.497 e. The van der Waals surface area contributed by atoms with Gasteiger partial charge in [-0.15, -0.1) is 22.7 Å². The first-order chi connectivity index (χ1) is 17.0. The van der Waals surface area contributed by atoms with E-state index in [4.69, 9.17) is 14.5 Å². The molecule has 0 fully saturated rings. The predicted molar refractivity (Wildman–Crippen MR) is 148 cm³/mol. The molecule has 4 nitrogen and oxygen atoms in total. The number of methoxy groups -OCH3 is 2. The first-order valence-electron chi connectivity index (χ1n) is 11.4. The molecule has 6 heteroatoms. The Morgan fingerprint density at radius 2 is 1.43 bits per heavy atom. The molecule has 6 rings (SSSR count). The van der Waals surface area contributed by atoms with E-state index >= 15 is 0 Å². The van der Waals surface area contributed by atoms with Crippen LogP contribution in [0.4, 0.5) is 0 Å². The highest BCUT2D eigenvalue weighted by Gasteiger charge is 2.24. The molecule has 0 radical (unpaired) electrons. The Morgan fingerprint density at radius 1 is 0.743 bits per heavy atom. The molecule has 5 aromatic rings. The molecule has 0 saturated heterocycles. The van der Waals surface area contributed by atoms with Crippen LogP contribution in [0.2, 0.25) is 0 Å². The van der Waals surface area contributed by atoms with Crippen molar-refractivity contribution in [3.05, 3.63) is 92.1 Å². The maximum atomic E-state index is 5.54. The van der Waals surface area contributed by atoms with E-state index in [1.165, 1.54) is 14.6 Å². The fourth-order valence-corrected chi connectivity index (χ4v) is 6.30. The first-order valence-corrected chi connectivity index (χ1v) is 13.0. The number of aromatic amines is 1. The fraction of sp³-hybridized carbons (Fsp3) is 0.138. The molecular formula is C29H24N2O2S2. The van der Waals surface area contributed by atoms with Gasteiger partial charge < -0.3 is 14.5 Å². The fourth-order valence-electron chi connectivity index (χ4n) is 4.55. The Bertz CT molecular complexity index is 1650. The van der Waals surface area contributed by atoms with Crippen LogP contribution in [-0.4, -0.2) is 24.9 Å². The number of H-pyrrole nitrogens is 1. The van der Waals surface area contributed by atoms with Gasteiger partial charge in [0.05, 0.1) is 41.1 Å². The van der Waals surface area contributed by atoms with Gasteiger partial charge in [0.15, 0.2) is 0 Å². The summed E-state index contributed by atoms with van der Waals surface area (Å²) in [5, 5.41) is 2.29. The van der Waals surface area contributed by atoms with Crippen LogP contribution in [0.15, 0.2) is 65.7 Å². The van der Waals surface area contributed by atoms with E-state index in [2.05, 4.69) is 73.4 Å². The lowest BCUT2D eigenvalue weighted by molar-refractivity contribution is 0.414. The van der Waals surface area contributed by atoms with Crippen molar-refractivity contribution >= 4 is 50.9 Å². The minimum absolute atomic E-state index is 0.832. The normalized spacial score (nSPS) is 13.9. The van der Waals surface area contributed by atoms with Crippen LogP contribution >= 0.6 is 22.7 Å². The minimum Gasteiger partial charge on any atom is -0.497 e. The van der Waals surface area contributed by atoms with Crippen molar-refractivity contribution in [3.63, 3.8) is 0 Å². The second-order valence-electron chi connectivity index (χ2n) is 8.55. The Kier molecular flexibility index (Phi) is 5.35. The zero-order valence-corrected chi connectivity index (χ0v) is 21.6. The number of aliphatic imine (C=N–C) groups is 1. The second-order valence-corrected chi connectivity index (χ2v) is 11.1. The number of nitrogens with zero attached hydrogens (tertiary/aromatic N) is 1. The topological polar surface area (TPSA) is 46.6 Å². The van der Waals surface area contributed by atoms with Crippen molar-refractivity contribution in [2.45, 2.75) is 13.8 Å². The smallest absolute Gasteiger partial charge is 0.119 e. The van der Waals surface area contributed by atoms with Gasteiger partial charge in [0.1, 0.15) is 11.5 Å². The molecule has 1 aliphatic rings. The maximum absolute atomic E-state index is 5.54. The average Bonchev–Trinajstić information content (AvgIpc) is 3.65. The van der Waals surface area contributed by atoms with Gasteiger partial charge >= 0.3 is 0 Å². The van der Waals surface area contributed by atoms with Gasteiger partial charge in [-0.2, -0.15) is 0 Å². The van der Waals surface area contributed by atoms with Crippen LogP contribution in [0.3, 0.4) is 0 Å². The summed E-state index contributed by atoms with van der Waals surface area (Å²) in [6.07, 6.45) is 2.16. The highest BCUT2D eigenvalue weighted by molar-refractivity contribution is 7.15. The van der Waals surface area contributed by atoms with E-state index in [0.29, 0.717) is 0 Å². The van der Waals surface area contributed by atoms with Crippen molar-refractivity contribution in [2.24, 2.45) is 4.99 Å². The maximum Gasteiger partial charge on any atom is 0.119 e. The molecule has 0 unspecified atom stereocenters. The molecule has 0 saturated carbocycles. The molecule has 0 spiro atoms. The van der Waals surface area contributed by atoms with Gasteiger partial charge in [0.2, 0.25) is 0 Å². The molecule has 4 heterocycles. The SMILES string of the molecule is COc1ccc2c(c1)C(c1ccc(C)s1)=NC2=Cc1[nH]c(-c2ccc(C)s2)c2cc(OC)ccc12. The van der Waals surface area contributed by atoms with Crippen LogP contribution in [0.5, 0.6) is 11.5 Å². The van der Waals surface area contributed by atoms with Gasteiger partial charge in [-0.1, -0.05) is 0 Å². The highest BCUT2D eigenvalue weighted by Crippen LogP contribution is 2.40. The number of thiophene rings is 2. The summed E-state index contributed by atoms with van der Waals surface area (Å²) in [5.74, 6) is 1.68. The van der Waals surface area contributed by atoms with Gasteiger partial charge in [-0.05, 0) is 80.6 Å². The molecule has 0 atom stereocenters. The summed E-state index contributed by atoms with van der Waals surface area (Å²) >= 11 is 3.55. The number of benzene rings is 2. The zero-order valence-electron chi connectivity index (χ0n) is 19.9. The van der Waals surface area contributed by atoms with E-state index in [1.54, 1.807) is 36.9 Å². The summed E-state index contributed by atoms with van der Waals surface area (Å²) in [4.78, 5) is 13.7. The number of rotatable bonds is 5. The van der Waals surface area contributed by atoms with E-state index in [9.17, 15) is 0 Å². The van der Waals surface area contributed by atoms with Crippen LogP contribution < -0.4 is 9.47 Å². The third-order valence-corrected chi connectivity index (χ3v) is 8.30. The lowest BCUT2D eigenvalue weighted by Gasteiger charge is -2.05. The summed E-state index contributed by atoms with van der Waals surface area (Å²) in [6, 6.07) is 21.1. The number of fused-ring (bicyclic) bond motifs is 2. The quantitative estimate of drug-likeness (QED) is 0.268. The van der Waals surface area contributed by atoms with Crippen LogP contribution in [0.25, 0.3) is 33.1 Å².